The van der Waals surface area contributed by atoms with Crippen molar-refractivity contribution in [2.75, 3.05) is 0 Å². The van der Waals surface area contributed by atoms with Crippen LogP contribution in [0.3, 0.4) is 0 Å². The minimum Gasteiger partial charge on any atom is -0.0961 e. The molecule has 0 heterocycles. The summed E-state index contributed by atoms with van der Waals surface area (Å²) in [5.74, 6) is 0.533. The van der Waals surface area contributed by atoms with Gasteiger partial charge >= 0.3 is 0 Å². The number of unbranched alkanes of at least 4 members (excludes halogenated alkanes) is 2. The Morgan fingerprint density at radius 3 is 2.61 bits per heavy atom. The molecule has 124 valence electrons. The SMILES string of the molecule is C=C(C)/C=C\C(=C)Cc1cccc(C(/C=C\C)CCCCC)c1. The fraction of sp³-hybridized carbons (Fsp3) is 0.391. The quantitative estimate of drug-likeness (QED) is 0.244. The highest BCUT2D eigenvalue weighted by Gasteiger charge is 2.08. The van der Waals surface area contributed by atoms with E-state index in [-0.39, 0.29) is 0 Å². The fourth-order valence-electron chi connectivity index (χ4n) is 2.74. The third-order valence-electron chi connectivity index (χ3n) is 3.96. The zero-order chi connectivity index (χ0) is 17.1. The van der Waals surface area contributed by atoms with E-state index in [0.29, 0.717) is 5.92 Å². The predicted octanol–water partition coefficient (Wildman–Crippen LogP) is 7.16. The van der Waals surface area contributed by atoms with E-state index < -0.39 is 0 Å². The molecule has 0 radical (unpaired) electrons. The summed E-state index contributed by atoms with van der Waals surface area (Å²) in [5, 5.41) is 0. The molecule has 0 aromatic heterocycles. The highest BCUT2D eigenvalue weighted by molar-refractivity contribution is 5.34. The van der Waals surface area contributed by atoms with Gasteiger partial charge in [0.2, 0.25) is 0 Å². The van der Waals surface area contributed by atoms with Gasteiger partial charge in [0.05, 0.1) is 0 Å². The summed E-state index contributed by atoms with van der Waals surface area (Å²) < 4.78 is 0. The van der Waals surface area contributed by atoms with Crippen LogP contribution in [-0.4, -0.2) is 0 Å². The molecule has 0 spiro atoms. The normalized spacial score (nSPS) is 12.8. The molecule has 1 rings (SSSR count). The first-order chi connectivity index (χ1) is 11.1. The van der Waals surface area contributed by atoms with E-state index in [9.17, 15) is 0 Å². The van der Waals surface area contributed by atoms with Crippen molar-refractivity contribution in [1.82, 2.24) is 0 Å². The monoisotopic (exact) mass is 308 g/mol. The summed E-state index contributed by atoms with van der Waals surface area (Å²) in [6, 6.07) is 8.97. The second-order valence-corrected chi connectivity index (χ2v) is 6.39. The molecule has 1 aromatic carbocycles. The van der Waals surface area contributed by atoms with Crippen molar-refractivity contribution in [3.63, 3.8) is 0 Å². The van der Waals surface area contributed by atoms with Crippen molar-refractivity contribution in [2.45, 2.75) is 58.8 Å². The maximum absolute atomic E-state index is 4.15. The van der Waals surface area contributed by atoms with Gasteiger partial charge in [-0.1, -0.05) is 99.1 Å². The summed E-state index contributed by atoms with van der Waals surface area (Å²) in [6.07, 6.45) is 14.6. The number of hydrogen-bond acceptors (Lipinski definition) is 0. The van der Waals surface area contributed by atoms with Crippen molar-refractivity contribution in [3.05, 3.63) is 84.0 Å². The molecule has 0 saturated carbocycles. The van der Waals surface area contributed by atoms with Gasteiger partial charge in [-0.2, -0.15) is 0 Å². The Morgan fingerprint density at radius 1 is 1.17 bits per heavy atom. The van der Waals surface area contributed by atoms with Crippen molar-refractivity contribution >= 4 is 0 Å². The van der Waals surface area contributed by atoms with Gasteiger partial charge in [0, 0.05) is 5.92 Å². The highest BCUT2D eigenvalue weighted by Crippen LogP contribution is 2.25. The van der Waals surface area contributed by atoms with Crippen LogP contribution in [0.1, 0.15) is 63.5 Å². The van der Waals surface area contributed by atoms with Gasteiger partial charge in [0.1, 0.15) is 0 Å². The summed E-state index contributed by atoms with van der Waals surface area (Å²) >= 11 is 0. The van der Waals surface area contributed by atoms with E-state index in [4.69, 9.17) is 0 Å². The first-order valence-corrected chi connectivity index (χ1v) is 8.79. The predicted molar refractivity (Wildman–Crippen MR) is 105 cm³/mol. The van der Waals surface area contributed by atoms with Crippen molar-refractivity contribution < 1.29 is 0 Å². The first-order valence-electron chi connectivity index (χ1n) is 8.79. The second kappa shape index (κ2) is 10.8. The van der Waals surface area contributed by atoms with E-state index in [1.165, 1.54) is 36.8 Å². The van der Waals surface area contributed by atoms with Gasteiger partial charge in [-0.05, 0) is 37.8 Å². The lowest BCUT2D eigenvalue weighted by Crippen LogP contribution is -1.97. The van der Waals surface area contributed by atoms with Crippen molar-refractivity contribution in [3.8, 4) is 0 Å². The highest BCUT2D eigenvalue weighted by atomic mass is 14.1. The van der Waals surface area contributed by atoms with Crippen LogP contribution in [0, 0.1) is 0 Å². The average Bonchev–Trinajstić information content (AvgIpc) is 2.52. The number of rotatable bonds is 10. The molecule has 0 saturated heterocycles. The third kappa shape index (κ3) is 7.83. The fourth-order valence-corrected chi connectivity index (χ4v) is 2.74. The van der Waals surface area contributed by atoms with Crippen LogP contribution in [0.5, 0.6) is 0 Å². The Hall–Kier alpha value is -1.82. The average molecular weight is 309 g/mol. The minimum absolute atomic E-state index is 0.533. The van der Waals surface area contributed by atoms with Crippen LogP contribution < -0.4 is 0 Å². The first kappa shape index (κ1) is 19.2. The van der Waals surface area contributed by atoms with Gasteiger partial charge in [0.15, 0.2) is 0 Å². The standard InChI is InChI=1S/C23H32/c1-6-8-9-13-22(11-7-2)23-14-10-12-21(18-23)17-20(5)16-15-19(3)4/h7,10-12,14-16,18,22H,3,5-6,8-9,13,17H2,1-2,4H3/b11-7-,16-15-. The lowest BCUT2D eigenvalue weighted by Gasteiger charge is -2.14. The largest absolute Gasteiger partial charge is 0.0961 e. The molecule has 0 heteroatoms. The van der Waals surface area contributed by atoms with E-state index in [1.807, 2.05) is 13.0 Å². The smallest absolute Gasteiger partial charge is 0.00179 e. The molecule has 0 bridgehead atoms. The Kier molecular flexibility index (Phi) is 9.05. The number of benzene rings is 1. The summed E-state index contributed by atoms with van der Waals surface area (Å²) in [7, 11) is 0. The van der Waals surface area contributed by atoms with Gasteiger partial charge in [0.25, 0.3) is 0 Å². The summed E-state index contributed by atoms with van der Waals surface area (Å²) in [5.41, 5.74) is 4.94. The molecule has 1 aromatic rings. The zero-order valence-corrected chi connectivity index (χ0v) is 15.1. The Bertz CT molecular complexity index is 557. The lowest BCUT2D eigenvalue weighted by atomic mass is 9.90. The Morgan fingerprint density at radius 2 is 1.96 bits per heavy atom. The van der Waals surface area contributed by atoms with Crippen molar-refractivity contribution in [1.29, 1.82) is 0 Å². The summed E-state index contributed by atoms with van der Waals surface area (Å²) in [6.45, 7) is 14.4. The molecule has 0 aliphatic rings. The molecule has 1 unspecified atom stereocenters. The van der Waals surface area contributed by atoms with Crippen LogP contribution in [0.25, 0.3) is 0 Å². The molecule has 0 N–H and O–H groups in total. The number of allylic oxidation sites excluding steroid dienone is 6. The minimum atomic E-state index is 0.533. The Balaban J connectivity index is 2.80. The maximum Gasteiger partial charge on any atom is 0.00179 e. The molecule has 23 heavy (non-hydrogen) atoms. The molecule has 0 aliphatic heterocycles. The van der Waals surface area contributed by atoms with Gasteiger partial charge < -0.3 is 0 Å². The summed E-state index contributed by atoms with van der Waals surface area (Å²) in [4.78, 5) is 0. The Labute approximate surface area is 143 Å². The van der Waals surface area contributed by atoms with E-state index in [1.54, 1.807) is 0 Å². The molecule has 1 atom stereocenters. The van der Waals surface area contributed by atoms with Crippen LogP contribution in [0.15, 0.2) is 72.9 Å². The topological polar surface area (TPSA) is 0 Å². The third-order valence-corrected chi connectivity index (χ3v) is 3.96. The van der Waals surface area contributed by atoms with Crippen molar-refractivity contribution in [2.24, 2.45) is 0 Å². The molecule has 0 fully saturated rings. The molecule has 0 aliphatic carbocycles. The van der Waals surface area contributed by atoms with Gasteiger partial charge in [-0.15, -0.1) is 0 Å². The molecular weight excluding hydrogens is 276 g/mol. The maximum atomic E-state index is 4.15. The lowest BCUT2D eigenvalue weighted by molar-refractivity contribution is 0.628. The molecule has 0 nitrogen and oxygen atoms in total. The zero-order valence-electron chi connectivity index (χ0n) is 15.1. The van der Waals surface area contributed by atoms with E-state index in [0.717, 1.165) is 17.6 Å². The van der Waals surface area contributed by atoms with Crippen LogP contribution >= 0.6 is 0 Å². The van der Waals surface area contributed by atoms with E-state index in [2.05, 4.69) is 69.5 Å². The van der Waals surface area contributed by atoms with Crippen LogP contribution in [0.2, 0.25) is 0 Å². The second-order valence-electron chi connectivity index (χ2n) is 6.39. The van der Waals surface area contributed by atoms with Crippen LogP contribution in [0.4, 0.5) is 0 Å². The van der Waals surface area contributed by atoms with Gasteiger partial charge in [-0.25, -0.2) is 0 Å². The number of hydrogen-bond donors (Lipinski definition) is 0. The van der Waals surface area contributed by atoms with E-state index >= 15 is 0 Å². The molecular formula is C23H32. The van der Waals surface area contributed by atoms with Crippen LogP contribution in [-0.2, 0) is 6.42 Å². The van der Waals surface area contributed by atoms with Gasteiger partial charge in [-0.3, -0.25) is 0 Å². The molecule has 0 amide bonds.